The zero-order chi connectivity index (χ0) is 22.2. The van der Waals surface area contributed by atoms with Crippen LogP contribution in [-0.2, 0) is 20.9 Å². The van der Waals surface area contributed by atoms with E-state index in [9.17, 15) is 14.4 Å². The van der Waals surface area contributed by atoms with Crippen molar-refractivity contribution >= 4 is 23.5 Å². The minimum Gasteiger partial charge on any atom is -0.449 e. The number of carbonyl (C=O) groups is 3. The number of hydrogen-bond donors (Lipinski definition) is 0. The normalized spacial score (nSPS) is 14.1. The number of likely N-dealkylation sites (tertiary alicyclic amines) is 1. The predicted molar refractivity (Wildman–Crippen MR) is 115 cm³/mol. The Kier molecular flexibility index (Phi) is 7.39. The number of hydrogen-bond acceptors (Lipinski definition) is 5. The molecule has 3 rings (SSSR count). The summed E-state index contributed by atoms with van der Waals surface area (Å²) < 4.78 is 5.39. The summed E-state index contributed by atoms with van der Waals surface area (Å²) in [7, 11) is 0. The minimum atomic E-state index is -1.01. The topological polar surface area (TPSA) is 90.7 Å². The van der Waals surface area contributed by atoms with Crippen molar-refractivity contribution in [2.45, 2.75) is 38.8 Å². The van der Waals surface area contributed by atoms with Crippen LogP contribution in [0.15, 0.2) is 54.6 Å². The maximum atomic E-state index is 12.9. The molecular formula is C24H25N3O4. The van der Waals surface area contributed by atoms with Gasteiger partial charge in [-0.25, -0.2) is 4.79 Å². The fourth-order valence-electron chi connectivity index (χ4n) is 3.47. The highest BCUT2D eigenvalue weighted by Gasteiger charge is 2.25. The van der Waals surface area contributed by atoms with Gasteiger partial charge in [0.05, 0.1) is 18.1 Å². The fraction of sp³-hybridized carbons (Fsp3) is 0.333. The minimum absolute atomic E-state index is 0.148. The Balaban J connectivity index is 1.62. The molecule has 1 aliphatic rings. The molecule has 1 unspecified atom stereocenters. The molecule has 2 aromatic rings. The van der Waals surface area contributed by atoms with E-state index < -0.39 is 12.1 Å². The van der Waals surface area contributed by atoms with Crippen molar-refractivity contribution in [3.63, 3.8) is 0 Å². The highest BCUT2D eigenvalue weighted by Crippen LogP contribution is 2.18. The maximum Gasteiger partial charge on any atom is 0.338 e. The lowest BCUT2D eigenvalue weighted by atomic mass is 10.1. The Morgan fingerprint density at radius 3 is 2.48 bits per heavy atom. The largest absolute Gasteiger partial charge is 0.449 e. The molecule has 0 saturated carbocycles. The van der Waals surface area contributed by atoms with Gasteiger partial charge in [-0.1, -0.05) is 30.3 Å². The molecule has 1 atom stereocenters. The highest BCUT2D eigenvalue weighted by molar-refractivity contribution is 5.99. The van der Waals surface area contributed by atoms with E-state index in [1.807, 2.05) is 12.1 Å². The highest BCUT2D eigenvalue weighted by atomic mass is 16.5. The van der Waals surface area contributed by atoms with Gasteiger partial charge in [-0.2, -0.15) is 5.26 Å². The second kappa shape index (κ2) is 10.4. The van der Waals surface area contributed by atoms with E-state index in [2.05, 4.69) is 0 Å². The first-order valence-electron chi connectivity index (χ1n) is 10.3. The third-order valence-electron chi connectivity index (χ3n) is 5.15. The van der Waals surface area contributed by atoms with Gasteiger partial charge in [0.2, 0.25) is 5.91 Å². The van der Waals surface area contributed by atoms with Crippen molar-refractivity contribution in [1.29, 1.82) is 5.26 Å². The summed E-state index contributed by atoms with van der Waals surface area (Å²) in [6.07, 6.45) is 0.629. The average Bonchev–Trinajstić information content (AvgIpc) is 3.19. The number of nitrogens with zero attached hydrogens (tertiary/aromatic N) is 3. The molecule has 160 valence electrons. The summed E-state index contributed by atoms with van der Waals surface area (Å²) in [5.74, 6) is -0.841. The van der Waals surface area contributed by atoms with E-state index in [1.165, 1.54) is 11.8 Å². The average molecular weight is 419 g/mol. The van der Waals surface area contributed by atoms with Crippen LogP contribution in [0.3, 0.4) is 0 Å². The SMILES string of the molecule is CC(OC(=O)c1ccc(CN2CCCC2=O)cc1)C(=O)N(CCC#N)c1ccccc1. The molecule has 0 radical (unpaired) electrons. The van der Waals surface area contributed by atoms with Crippen molar-refractivity contribution in [2.75, 3.05) is 18.0 Å². The molecule has 1 fully saturated rings. The summed E-state index contributed by atoms with van der Waals surface area (Å²) >= 11 is 0. The molecular weight excluding hydrogens is 394 g/mol. The maximum absolute atomic E-state index is 12.9. The van der Waals surface area contributed by atoms with Crippen LogP contribution in [0, 0.1) is 11.3 Å². The van der Waals surface area contributed by atoms with Gasteiger partial charge in [-0.3, -0.25) is 9.59 Å². The zero-order valence-electron chi connectivity index (χ0n) is 17.5. The molecule has 2 aromatic carbocycles. The number of anilines is 1. The zero-order valence-corrected chi connectivity index (χ0v) is 17.5. The summed E-state index contributed by atoms with van der Waals surface area (Å²) in [5.41, 5.74) is 1.91. The van der Waals surface area contributed by atoms with Crippen LogP contribution in [0.2, 0.25) is 0 Å². The molecule has 2 amide bonds. The second-order valence-electron chi connectivity index (χ2n) is 7.40. The second-order valence-corrected chi connectivity index (χ2v) is 7.40. The van der Waals surface area contributed by atoms with E-state index in [4.69, 9.17) is 10.00 Å². The van der Waals surface area contributed by atoms with E-state index in [-0.39, 0.29) is 24.8 Å². The van der Waals surface area contributed by atoms with Crippen LogP contribution in [-0.4, -0.2) is 41.9 Å². The van der Waals surface area contributed by atoms with E-state index in [0.29, 0.717) is 24.2 Å². The van der Waals surface area contributed by atoms with Gasteiger partial charge in [0.1, 0.15) is 0 Å². The fourth-order valence-corrected chi connectivity index (χ4v) is 3.47. The smallest absolute Gasteiger partial charge is 0.338 e. The van der Waals surface area contributed by atoms with Gasteiger partial charge >= 0.3 is 5.97 Å². The lowest BCUT2D eigenvalue weighted by Crippen LogP contribution is -2.40. The lowest BCUT2D eigenvalue weighted by Gasteiger charge is -2.25. The Morgan fingerprint density at radius 1 is 1.16 bits per heavy atom. The van der Waals surface area contributed by atoms with Crippen molar-refractivity contribution in [3.8, 4) is 6.07 Å². The third kappa shape index (κ3) is 5.70. The first kappa shape index (κ1) is 22.0. The number of rotatable bonds is 8. The van der Waals surface area contributed by atoms with Gasteiger partial charge < -0.3 is 14.5 Å². The molecule has 0 bridgehead atoms. The Hall–Kier alpha value is -3.66. The molecule has 1 aliphatic heterocycles. The third-order valence-corrected chi connectivity index (χ3v) is 5.15. The molecule has 1 saturated heterocycles. The number of esters is 1. The molecule has 7 nitrogen and oxygen atoms in total. The summed E-state index contributed by atoms with van der Waals surface area (Å²) in [4.78, 5) is 40.4. The van der Waals surface area contributed by atoms with Gasteiger partial charge in [0, 0.05) is 31.7 Å². The predicted octanol–water partition coefficient (Wildman–Crippen LogP) is 3.30. The number of para-hydroxylation sites is 1. The molecule has 0 aromatic heterocycles. The molecule has 1 heterocycles. The standard InChI is InChI=1S/C24H25N3O4/c1-18(23(29)27(16-6-14-25)21-7-3-2-4-8-21)31-24(30)20-12-10-19(11-13-20)17-26-15-5-9-22(26)28/h2-4,7-8,10-13,18H,5-6,9,15-17H2,1H3. The van der Waals surface area contributed by atoms with Gasteiger partial charge in [-0.05, 0) is 43.2 Å². The number of amides is 2. The number of nitriles is 1. The number of carbonyl (C=O) groups excluding carboxylic acids is 3. The van der Waals surface area contributed by atoms with Crippen LogP contribution in [0.4, 0.5) is 5.69 Å². The summed E-state index contributed by atoms with van der Waals surface area (Å²) in [6, 6.07) is 17.9. The van der Waals surface area contributed by atoms with Gasteiger partial charge in [0.15, 0.2) is 6.10 Å². The summed E-state index contributed by atoms with van der Waals surface area (Å²) in [6.45, 7) is 3.01. The van der Waals surface area contributed by atoms with Crippen molar-refractivity contribution in [2.24, 2.45) is 0 Å². The molecule has 31 heavy (non-hydrogen) atoms. The monoisotopic (exact) mass is 419 g/mol. The number of benzene rings is 2. The van der Waals surface area contributed by atoms with E-state index in [0.717, 1.165) is 18.5 Å². The summed E-state index contributed by atoms with van der Waals surface area (Å²) in [5, 5.41) is 8.91. The Labute approximate surface area is 181 Å². The number of ether oxygens (including phenoxy) is 1. The molecule has 7 heteroatoms. The lowest BCUT2D eigenvalue weighted by molar-refractivity contribution is -0.128. The van der Waals surface area contributed by atoms with Crippen LogP contribution in [0.25, 0.3) is 0 Å². The first-order chi connectivity index (χ1) is 15.0. The Bertz CT molecular complexity index is 967. The van der Waals surface area contributed by atoms with Crippen molar-refractivity contribution in [3.05, 3.63) is 65.7 Å². The van der Waals surface area contributed by atoms with Crippen LogP contribution >= 0.6 is 0 Å². The van der Waals surface area contributed by atoms with Crippen molar-refractivity contribution < 1.29 is 19.1 Å². The molecule has 0 aliphatic carbocycles. The van der Waals surface area contributed by atoms with Crippen LogP contribution < -0.4 is 4.90 Å². The van der Waals surface area contributed by atoms with Crippen LogP contribution in [0.1, 0.15) is 42.1 Å². The van der Waals surface area contributed by atoms with Crippen LogP contribution in [0.5, 0.6) is 0 Å². The van der Waals surface area contributed by atoms with E-state index >= 15 is 0 Å². The quantitative estimate of drug-likeness (QED) is 0.613. The molecule has 0 spiro atoms. The van der Waals surface area contributed by atoms with E-state index in [1.54, 1.807) is 53.4 Å². The molecule has 0 N–H and O–H groups in total. The van der Waals surface area contributed by atoms with Crippen molar-refractivity contribution in [1.82, 2.24) is 4.90 Å². The van der Waals surface area contributed by atoms with Gasteiger partial charge in [-0.15, -0.1) is 0 Å². The van der Waals surface area contributed by atoms with Gasteiger partial charge in [0.25, 0.3) is 5.91 Å². The Morgan fingerprint density at radius 2 is 1.87 bits per heavy atom. The first-order valence-corrected chi connectivity index (χ1v) is 10.3.